The summed E-state index contributed by atoms with van der Waals surface area (Å²) >= 11 is 1.47. The average molecular weight is 235 g/mol. The molecule has 0 aliphatic carbocycles. The van der Waals surface area contributed by atoms with Gasteiger partial charge in [-0.2, -0.15) is 0 Å². The van der Waals surface area contributed by atoms with Gasteiger partial charge in [0, 0.05) is 11.8 Å². The summed E-state index contributed by atoms with van der Waals surface area (Å²) in [6.45, 7) is 0.306. The maximum atomic E-state index is 8.98. The smallest absolute Gasteiger partial charge is 0.231 e. The Labute approximate surface area is 96.1 Å². The molecule has 5 heteroatoms. The fourth-order valence-electron chi connectivity index (χ4n) is 1.54. The normalized spacial score (nSPS) is 13.1. The molecule has 2 heterocycles. The van der Waals surface area contributed by atoms with Crippen molar-refractivity contribution in [2.24, 2.45) is 0 Å². The number of hydrogen-bond acceptors (Lipinski definition) is 5. The van der Waals surface area contributed by atoms with Crippen molar-refractivity contribution in [2.45, 2.75) is 6.61 Å². The van der Waals surface area contributed by atoms with E-state index >= 15 is 0 Å². The van der Waals surface area contributed by atoms with Crippen LogP contribution in [-0.4, -0.2) is 16.9 Å². The molecule has 4 nitrogen and oxygen atoms in total. The van der Waals surface area contributed by atoms with Crippen LogP contribution in [0.4, 0.5) is 0 Å². The third-order valence-corrected chi connectivity index (χ3v) is 3.36. The number of thiazole rings is 1. The molecule has 0 fully saturated rings. The largest absolute Gasteiger partial charge is 0.454 e. The van der Waals surface area contributed by atoms with Crippen LogP contribution in [0.5, 0.6) is 11.5 Å². The summed E-state index contributed by atoms with van der Waals surface area (Å²) in [5, 5.41) is 9.86. The molecule has 1 N–H and O–H groups in total. The van der Waals surface area contributed by atoms with Gasteiger partial charge < -0.3 is 14.6 Å². The van der Waals surface area contributed by atoms with Crippen molar-refractivity contribution in [3.8, 4) is 22.1 Å². The van der Waals surface area contributed by atoms with Gasteiger partial charge in [-0.1, -0.05) is 0 Å². The molecule has 0 saturated heterocycles. The molecule has 0 atom stereocenters. The van der Waals surface area contributed by atoms with Crippen LogP contribution >= 0.6 is 11.3 Å². The third-order valence-electron chi connectivity index (χ3n) is 2.33. The number of fused-ring (bicyclic) bond motifs is 1. The van der Waals surface area contributed by atoms with Crippen molar-refractivity contribution in [1.82, 2.24) is 4.98 Å². The SMILES string of the molecule is OCc1cnc(-c2ccc3c(c2)OCO3)s1. The molecular weight excluding hydrogens is 226 g/mol. The summed E-state index contributed by atoms with van der Waals surface area (Å²) in [5.41, 5.74) is 0.981. The van der Waals surface area contributed by atoms with Crippen LogP contribution in [-0.2, 0) is 6.61 Å². The van der Waals surface area contributed by atoms with E-state index in [1.165, 1.54) is 11.3 Å². The molecular formula is C11H9NO3S. The second-order valence-electron chi connectivity index (χ2n) is 3.36. The molecule has 1 aliphatic heterocycles. The van der Waals surface area contributed by atoms with Crippen molar-refractivity contribution in [3.63, 3.8) is 0 Å². The van der Waals surface area contributed by atoms with Crippen molar-refractivity contribution in [1.29, 1.82) is 0 Å². The maximum Gasteiger partial charge on any atom is 0.231 e. The summed E-state index contributed by atoms with van der Waals surface area (Å²) in [5.74, 6) is 1.51. The molecule has 0 spiro atoms. The van der Waals surface area contributed by atoms with Crippen molar-refractivity contribution < 1.29 is 14.6 Å². The second-order valence-corrected chi connectivity index (χ2v) is 4.47. The Bertz CT molecular complexity index is 524. The molecule has 0 radical (unpaired) electrons. The number of hydrogen-bond donors (Lipinski definition) is 1. The highest BCUT2D eigenvalue weighted by atomic mass is 32.1. The van der Waals surface area contributed by atoms with Crippen LogP contribution in [0.15, 0.2) is 24.4 Å². The molecule has 0 unspecified atom stereocenters. The number of nitrogens with zero attached hydrogens (tertiary/aromatic N) is 1. The first-order chi connectivity index (χ1) is 7.86. The quantitative estimate of drug-likeness (QED) is 0.865. The molecule has 3 rings (SSSR count). The molecule has 1 aromatic heterocycles. The zero-order valence-electron chi connectivity index (χ0n) is 8.34. The Balaban J connectivity index is 2.00. The highest BCUT2D eigenvalue weighted by molar-refractivity contribution is 7.15. The van der Waals surface area contributed by atoms with Crippen molar-refractivity contribution in [3.05, 3.63) is 29.3 Å². The van der Waals surface area contributed by atoms with Crippen molar-refractivity contribution in [2.75, 3.05) is 6.79 Å². The third kappa shape index (κ3) is 1.54. The summed E-state index contributed by atoms with van der Waals surface area (Å²) in [6, 6.07) is 5.72. The van der Waals surface area contributed by atoms with Crippen LogP contribution in [0.2, 0.25) is 0 Å². The van der Waals surface area contributed by atoms with Gasteiger partial charge in [0.15, 0.2) is 11.5 Å². The minimum Gasteiger partial charge on any atom is -0.454 e. The van der Waals surface area contributed by atoms with E-state index in [1.54, 1.807) is 6.20 Å². The Morgan fingerprint density at radius 2 is 2.19 bits per heavy atom. The van der Waals surface area contributed by atoms with Crippen LogP contribution in [0, 0.1) is 0 Å². The highest BCUT2D eigenvalue weighted by Crippen LogP contribution is 2.36. The fourth-order valence-corrected chi connectivity index (χ4v) is 2.31. The number of aliphatic hydroxyl groups excluding tert-OH is 1. The van der Waals surface area contributed by atoms with Gasteiger partial charge in [-0.05, 0) is 18.2 Å². The van der Waals surface area contributed by atoms with Crippen LogP contribution in [0.25, 0.3) is 10.6 Å². The highest BCUT2D eigenvalue weighted by Gasteiger charge is 2.14. The van der Waals surface area contributed by atoms with E-state index in [4.69, 9.17) is 14.6 Å². The van der Waals surface area contributed by atoms with E-state index in [2.05, 4.69) is 4.98 Å². The van der Waals surface area contributed by atoms with Gasteiger partial charge in [0.2, 0.25) is 6.79 Å². The Morgan fingerprint density at radius 3 is 3.00 bits per heavy atom. The standard InChI is InChI=1S/C11H9NO3S/c13-5-8-4-12-11(16-8)7-1-2-9-10(3-7)15-6-14-9/h1-4,13H,5-6H2. The minimum atomic E-state index is 0.0300. The lowest BCUT2D eigenvalue weighted by Gasteiger charge is -1.98. The number of aliphatic hydroxyl groups is 1. The van der Waals surface area contributed by atoms with Crippen LogP contribution in [0.3, 0.4) is 0 Å². The van der Waals surface area contributed by atoms with Crippen LogP contribution < -0.4 is 9.47 Å². The average Bonchev–Trinajstić information content (AvgIpc) is 2.96. The molecule has 1 aromatic carbocycles. The van der Waals surface area contributed by atoms with E-state index in [0.29, 0.717) is 0 Å². The number of benzene rings is 1. The summed E-state index contributed by atoms with van der Waals surface area (Å²) in [7, 11) is 0. The zero-order chi connectivity index (χ0) is 11.0. The summed E-state index contributed by atoms with van der Waals surface area (Å²) < 4.78 is 10.5. The first-order valence-corrected chi connectivity index (χ1v) is 5.64. The first-order valence-electron chi connectivity index (χ1n) is 4.82. The topological polar surface area (TPSA) is 51.6 Å². The van der Waals surface area contributed by atoms with Gasteiger partial charge in [0.25, 0.3) is 0 Å². The van der Waals surface area contributed by atoms with Gasteiger partial charge >= 0.3 is 0 Å². The molecule has 1 aliphatic rings. The molecule has 16 heavy (non-hydrogen) atoms. The lowest BCUT2D eigenvalue weighted by Crippen LogP contribution is -1.92. The Hall–Kier alpha value is -1.59. The number of rotatable bonds is 2. The van der Waals surface area contributed by atoms with E-state index in [1.807, 2.05) is 18.2 Å². The molecule has 0 bridgehead atoms. The lowest BCUT2D eigenvalue weighted by molar-refractivity contribution is 0.174. The summed E-state index contributed by atoms with van der Waals surface area (Å²) in [6.07, 6.45) is 1.69. The van der Waals surface area contributed by atoms with Gasteiger partial charge in [0.1, 0.15) is 5.01 Å². The zero-order valence-corrected chi connectivity index (χ0v) is 9.16. The summed E-state index contributed by atoms with van der Waals surface area (Å²) in [4.78, 5) is 5.10. The Morgan fingerprint density at radius 1 is 1.31 bits per heavy atom. The monoisotopic (exact) mass is 235 g/mol. The van der Waals surface area contributed by atoms with E-state index < -0.39 is 0 Å². The van der Waals surface area contributed by atoms with Gasteiger partial charge in [-0.3, -0.25) is 0 Å². The predicted molar refractivity (Wildman–Crippen MR) is 59.6 cm³/mol. The van der Waals surface area contributed by atoms with Crippen molar-refractivity contribution >= 4 is 11.3 Å². The van der Waals surface area contributed by atoms with Gasteiger partial charge in [-0.25, -0.2) is 4.98 Å². The first kappa shape index (κ1) is 9.62. The Kier molecular flexibility index (Phi) is 2.27. The molecule has 82 valence electrons. The minimum absolute atomic E-state index is 0.0300. The van der Waals surface area contributed by atoms with E-state index in [0.717, 1.165) is 26.9 Å². The van der Waals surface area contributed by atoms with Gasteiger partial charge in [0.05, 0.1) is 11.5 Å². The molecule has 0 amide bonds. The second kappa shape index (κ2) is 3.77. The molecule has 0 saturated carbocycles. The molecule has 2 aromatic rings. The number of aromatic nitrogens is 1. The van der Waals surface area contributed by atoms with Gasteiger partial charge in [-0.15, -0.1) is 11.3 Å². The van der Waals surface area contributed by atoms with Crippen LogP contribution in [0.1, 0.15) is 4.88 Å². The number of ether oxygens (including phenoxy) is 2. The fraction of sp³-hybridized carbons (Fsp3) is 0.182. The lowest BCUT2D eigenvalue weighted by atomic mass is 10.2. The maximum absolute atomic E-state index is 8.98. The van der Waals surface area contributed by atoms with E-state index in [-0.39, 0.29) is 13.4 Å². The predicted octanol–water partition coefficient (Wildman–Crippen LogP) is 2.03. The van der Waals surface area contributed by atoms with E-state index in [9.17, 15) is 0 Å².